The molecule has 33 heavy (non-hydrogen) atoms. The lowest BCUT2D eigenvalue weighted by Gasteiger charge is -2.25. The average Bonchev–Trinajstić information content (AvgIpc) is 3.10. The Morgan fingerprint density at radius 1 is 1.09 bits per heavy atom. The predicted octanol–water partition coefficient (Wildman–Crippen LogP) is 5.49. The number of aromatic nitrogens is 1. The molecule has 2 aromatic carbocycles. The highest BCUT2D eigenvalue weighted by atomic mass is 35.5. The van der Waals surface area contributed by atoms with Gasteiger partial charge in [0.05, 0.1) is 23.4 Å². The van der Waals surface area contributed by atoms with Crippen molar-refractivity contribution < 1.29 is 19.4 Å². The number of anilines is 1. The molecular weight excluding hydrogens is 440 g/mol. The fourth-order valence-electron chi connectivity index (χ4n) is 3.90. The quantitative estimate of drug-likeness (QED) is 0.308. The van der Waals surface area contributed by atoms with Crippen LogP contribution in [0.1, 0.15) is 42.6 Å². The van der Waals surface area contributed by atoms with Crippen molar-refractivity contribution in [2.45, 2.75) is 25.8 Å². The van der Waals surface area contributed by atoms with Gasteiger partial charge in [-0.25, -0.2) is 0 Å². The summed E-state index contributed by atoms with van der Waals surface area (Å²) >= 11 is 6.11. The van der Waals surface area contributed by atoms with Crippen LogP contribution in [-0.2, 0) is 9.59 Å². The fourth-order valence-corrected chi connectivity index (χ4v) is 4.09. The first-order valence-corrected chi connectivity index (χ1v) is 10.9. The van der Waals surface area contributed by atoms with E-state index in [1.54, 1.807) is 36.5 Å². The van der Waals surface area contributed by atoms with Crippen molar-refractivity contribution in [1.29, 1.82) is 0 Å². The van der Waals surface area contributed by atoms with Gasteiger partial charge in [-0.15, -0.1) is 0 Å². The van der Waals surface area contributed by atoms with Gasteiger partial charge < -0.3 is 9.84 Å². The van der Waals surface area contributed by atoms with Gasteiger partial charge in [-0.2, -0.15) is 0 Å². The first-order chi connectivity index (χ1) is 15.8. The molecule has 1 aliphatic heterocycles. The number of pyridine rings is 1. The second-order valence-electron chi connectivity index (χ2n) is 8.02. The molecule has 4 rings (SSSR count). The van der Waals surface area contributed by atoms with E-state index in [9.17, 15) is 14.7 Å². The highest BCUT2D eigenvalue weighted by Crippen LogP contribution is 2.42. The van der Waals surface area contributed by atoms with Crippen LogP contribution < -0.4 is 9.64 Å². The molecule has 1 atom stereocenters. The fraction of sp³-hybridized carbons (Fsp3) is 0.192. The summed E-state index contributed by atoms with van der Waals surface area (Å²) in [5.74, 6) is -1.18. The lowest BCUT2D eigenvalue weighted by Crippen LogP contribution is -2.29. The number of aliphatic hydroxyl groups excluding tert-OH is 1. The highest BCUT2D eigenvalue weighted by Gasteiger charge is 2.47. The maximum Gasteiger partial charge on any atom is 0.300 e. The molecule has 7 heteroatoms. The zero-order valence-corrected chi connectivity index (χ0v) is 19.2. The zero-order valence-electron chi connectivity index (χ0n) is 18.4. The number of aliphatic hydroxyl groups is 1. The summed E-state index contributed by atoms with van der Waals surface area (Å²) in [6.45, 7) is 4.16. The van der Waals surface area contributed by atoms with Gasteiger partial charge in [0.25, 0.3) is 11.7 Å². The summed E-state index contributed by atoms with van der Waals surface area (Å²) in [6.07, 6.45) is 1.59. The molecule has 0 spiro atoms. The number of amides is 1. The van der Waals surface area contributed by atoms with Crippen molar-refractivity contribution in [3.05, 3.63) is 94.3 Å². The smallest absolute Gasteiger partial charge is 0.300 e. The maximum atomic E-state index is 13.2. The average molecular weight is 463 g/mol. The second kappa shape index (κ2) is 9.08. The van der Waals surface area contributed by atoms with Crippen LogP contribution in [0.25, 0.3) is 5.76 Å². The topological polar surface area (TPSA) is 79.7 Å². The van der Waals surface area contributed by atoms with E-state index >= 15 is 0 Å². The van der Waals surface area contributed by atoms with E-state index in [-0.39, 0.29) is 11.3 Å². The SMILES string of the molecule is COc1cc(/C(O)=C2/C(=O)C(=O)N(c3ccc(C(C)C)cc3)C2c2ccccn2)ccc1Cl. The van der Waals surface area contributed by atoms with Crippen LogP contribution in [0.2, 0.25) is 5.02 Å². The van der Waals surface area contributed by atoms with Crippen LogP contribution in [0.5, 0.6) is 5.75 Å². The number of carbonyl (C=O) groups is 2. The third kappa shape index (κ3) is 4.10. The van der Waals surface area contributed by atoms with Crippen LogP contribution in [0.3, 0.4) is 0 Å². The number of ketones is 1. The Hall–Kier alpha value is -3.64. The minimum atomic E-state index is -0.891. The molecule has 6 nitrogen and oxygen atoms in total. The molecule has 1 fully saturated rings. The van der Waals surface area contributed by atoms with E-state index in [1.165, 1.54) is 18.1 Å². The van der Waals surface area contributed by atoms with E-state index in [1.807, 2.05) is 24.3 Å². The van der Waals surface area contributed by atoms with Gasteiger partial charge in [0.2, 0.25) is 0 Å². The van der Waals surface area contributed by atoms with Crippen molar-refractivity contribution in [2.24, 2.45) is 0 Å². The first kappa shape index (κ1) is 22.6. The third-order valence-electron chi connectivity index (χ3n) is 5.67. The van der Waals surface area contributed by atoms with Gasteiger partial charge in [0, 0.05) is 17.4 Å². The first-order valence-electron chi connectivity index (χ1n) is 10.5. The van der Waals surface area contributed by atoms with Gasteiger partial charge in [-0.3, -0.25) is 19.5 Å². The van der Waals surface area contributed by atoms with Gasteiger partial charge >= 0.3 is 0 Å². The van der Waals surface area contributed by atoms with E-state index in [0.29, 0.717) is 33.6 Å². The third-order valence-corrected chi connectivity index (χ3v) is 5.99. The van der Waals surface area contributed by atoms with E-state index in [4.69, 9.17) is 16.3 Å². The summed E-state index contributed by atoms with van der Waals surface area (Å²) in [5, 5.41) is 11.5. The lowest BCUT2D eigenvalue weighted by atomic mass is 9.97. The molecule has 0 radical (unpaired) electrons. The number of halogens is 1. The summed E-state index contributed by atoms with van der Waals surface area (Å²) in [4.78, 5) is 32.1. The number of hydrogen-bond acceptors (Lipinski definition) is 5. The van der Waals surface area contributed by atoms with E-state index in [2.05, 4.69) is 18.8 Å². The van der Waals surface area contributed by atoms with E-state index in [0.717, 1.165) is 5.56 Å². The molecule has 1 unspecified atom stereocenters. The highest BCUT2D eigenvalue weighted by molar-refractivity contribution is 6.51. The van der Waals surface area contributed by atoms with E-state index < -0.39 is 17.7 Å². The van der Waals surface area contributed by atoms with Crippen LogP contribution in [-0.4, -0.2) is 28.9 Å². The summed E-state index contributed by atoms with van der Waals surface area (Å²) in [6, 6.07) is 16.5. The lowest BCUT2D eigenvalue weighted by molar-refractivity contribution is -0.132. The van der Waals surface area contributed by atoms with Crippen LogP contribution in [0.4, 0.5) is 5.69 Å². The van der Waals surface area contributed by atoms with Crippen molar-refractivity contribution in [3.8, 4) is 5.75 Å². The molecule has 3 aromatic rings. The van der Waals surface area contributed by atoms with Gasteiger partial charge in [0.1, 0.15) is 17.6 Å². The summed E-state index contributed by atoms with van der Waals surface area (Å²) < 4.78 is 5.24. The molecule has 1 aromatic heterocycles. The number of Topliss-reactive ketones (excluding diaryl/α,β-unsaturated/α-hetero) is 1. The Labute approximate surface area is 197 Å². The predicted molar refractivity (Wildman–Crippen MR) is 128 cm³/mol. The number of methoxy groups -OCH3 is 1. The van der Waals surface area contributed by atoms with Crippen molar-refractivity contribution in [1.82, 2.24) is 4.98 Å². The Morgan fingerprint density at radius 2 is 1.82 bits per heavy atom. The van der Waals surface area contributed by atoms with Gasteiger partial charge in [-0.1, -0.05) is 43.6 Å². The van der Waals surface area contributed by atoms with Crippen molar-refractivity contribution >= 4 is 34.7 Å². The van der Waals surface area contributed by atoms with Crippen molar-refractivity contribution in [3.63, 3.8) is 0 Å². The number of hydrogen-bond donors (Lipinski definition) is 1. The van der Waals surface area contributed by atoms with Crippen LogP contribution >= 0.6 is 11.6 Å². The monoisotopic (exact) mass is 462 g/mol. The Bertz CT molecular complexity index is 1240. The molecular formula is C26H23ClN2O4. The normalized spacial score (nSPS) is 17.6. The number of rotatable bonds is 5. The molecule has 1 aliphatic rings. The molecule has 0 aliphatic carbocycles. The Morgan fingerprint density at radius 3 is 2.42 bits per heavy atom. The molecule has 1 saturated heterocycles. The molecule has 1 N–H and O–H groups in total. The molecule has 0 saturated carbocycles. The molecule has 2 heterocycles. The minimum Gasteiger partial charge on any atom is -0.507 e. The Kier molecular flexibility index (Phi) is 6.20. The number of carbonyl (C=O) groups excluding carboxylic acids is 2. The standard InChI is InChI=1S/C26H23ClN2O4/c1-15(2)16-7-10-18(11-8-16)29-23(20-6-4-5-13-28-20)22(25(31)26(29)32)24(30)17-9-12-19(27)21(14-17)33-3/h4-15,23,30H,1-3H3/b24-22-. The minimum absolute atomic E-state index is 0.0454. The molecule has 0 bridgehead atoms. The largest absolute Gasteiger partial charge is 0.507 e. The molecule has 1 amide bonds. The number of ether oxygens (including phenoxy) is 1. The number of benzene rings is 2. The zero-order chi connectivity index (χ0) is 23.7. The molecule has 168 valence electrons. The van der Waals surface area contributed by atoms with Crippen LogP contribution in [0, 0.1) is 0 Å². The summed E-state index contributed by atoms with van der Waals surface area (Å²) in [7, 11) is 1.46. The summed E-state index contributed by atoms with van der Waals surface area (Å²) in [5.41, 5.74) is 2.39. The Balaban J connectivity index is 1.90. The maximum absolute atomic E-state index is 13.2. The van der Waals surface area contributed by atoms with Crippen molar-refractivity contribution in [2.75, 3.05) is 12.0 Å². The second-order valence-corrected chi connectivity index (χ2v) is 8.43. The van der Waals surface area contributed by atoms with Gasteiger partial charge in [-0.05, 0) is 53.9 Å². The van der Waals surface area contributed by atoms with Crippen LogP contribution in [0.15, 0.2) is 72.4 Å². The number of nitrogens with zero attached hydrogens (tertiary/aromatic N) is 2. The van der Waals surface area contributed by atoms with Gasteiger partial charge in [0.15, 0.2) is 0 Å².